The number of carbonyl (C=O) groups is 1. The lowest BCUT2D eigenvalue weighted by atomic mass is 10.0. The maximum Gasteiger partial charge on any atom is 0.410 e. The Morgan fingerprint density at radius 1 is 1.29 bits per heavy atom. The van der Waals surface area contributed by atoms with Gasteiger partial charge in [-0.15, -0.1) is 0 Å². The first kappa shape index (κ1) is 16.3. The fourth-order valence-corrected chi connectivity index (χ4v) is 3.02. The van der Waals surface area contributed by atoms with Crippen molar-refractivity contribution in [2.24, 2.45) is 0 Å². The molecule has 1 saturated heterocycles. The third kappa shape index (κ3) is 4.20. The van der Waals surface area contributed by atoms with Gasteiger partial charge >= 0.3 is 6.09 Å². The summed E-state index contributed by atoms with van der Waals surface area (Å²) in [6, 6.07) is 8.07. The molecule has 5 heteroatoms. The lowest BCUT2D eigenvalue weighted by Gasteiger charge is -2.41. The van der Waals surface area contributed by atoms with Gasteiger partial charge in [0, 0.05) is 24.1 Å². The first-order chi connectivity index (χ1) is 9.78. The highest BCUT2D eigenvalue weighted by Crippen LogP contribution is 2.31. The van der Waals surface area contributed by atoms with E-state index in [0.29, 0.717) is 6.54 Å². The van der Waals surface area contributed by atoms with Crippen LogP contribution in [0.25, 0.3) is 0 Å². The number of nitrogens with zero attached hydrogens (tertiary/aromatic N) is 2. The van der Waals surface area contributed by atoms with Gasteiger partial charge in [0.15, 0.2) is 0 Å². The van der Waals surface area contributed by atoms with Crippen molar-refractivity contribution in [2.75, 3.05) is 26.7 Å². The van der Waals surface area contributed by atoms with Gasteiger partial charge in [-0.2, -0.15) is 0 Å². The van der Waals surface area contributed by atoms with Crippen LogP contribution >= 0.6 is 15.9 Å². The van der Waals surface area contributed by atoms with Gasteiger partial charge in [0.1, 0.15) is 5.60 Å². The summed E-state index contributed by atoms with van der Waals surface area (Å²) >= 11 is 3.59. The van der Waals surface area contributed by atoms with Crippen molar-refractivity contribution >= 4 is 22.0 Å². The number of halogens is 1. The molecule has 116 valence electrons. The number of benzene rings is 1. The summed E-state index contributed by atoms with van der Waals surface area (Å²) in [6.07, 6.45) is -0.239. The largest absolute Gasteiger partial charge is 0.444 e. The molecule has 0 aliphatic carbocycles. The second kappa shape index (κ2) is 6.36. The Morgan fingerprint density at radius 2 is 1.95 bits per heavy atom. The smallest absolute Gasteiger partial charge is 0.410 e. The highest BCUT2D eigenvalue weighted by Gasteiger charge is 2.33. The van der Waals surface area contributed by atoms with Crippen LogP contribution in [0.5, 0.6) is 0 Å². The van der Waals surface area contributed by atoms with Crippen LogP contribution in [0.4, 0.5) is 4.79 Å². The molecule has 1 aromatic rings. The molecule has 2 rings (SSSR count). The molecule has 1 atom stereocenters. The van der Waals surface area contributed by atoms with Crippen LogP contribution in [-0.2, 0) is 4.74 Å². The SMILES string of the molecule is CN1CCN(C(=O)OC(C)(C)C)C(c2ccccc2Br)C1. The van der Waals surface area contributed by atoms with Crippen molar-refractivity contribution in [3.8, 4) is 0 Å². The zero-order chi connectivity index (χ0) is 15.6. The van der Waals surface area contributed by atoms with Crippen molar-refractivity contribution in [1.82, 2.24) is 9.80 Å². The van der Waals surface area contributed by atoms with E-state index in [1.807, 2.05) is 43.9 Å². The Labute approximate surface area is 135 Å². The average Bonchev–Trinajstić information content (AvgIpc) is 2.37. The lowest BCUT2D eigenvalue weighted by Crippen LogP contribution is -2.50. The molecule has 1 heterocycles. The second-order valence-corrected chi connectivity index (χ2v) is 7.33. The summed E-state index contributed by atoms with van der Waals surface area (Å²) in [7, 11) is 2.08. The molecule has 0 spiro atoms. The van der Waals surface area contributed by atoms with E-state index < -0.39 is 5.60 Å². The first-order valence-corrected chi connectivity index (χ1v) is 8.00. The van der Waals surface area contributed by atoms with Crippen LogP contribution in [0.1, 0.15) is 32.4 Å². The van der Waals surface area contributed by atoms with E-state index in [-0.39, 0.29) is 12.1 Å². The predicted octanol–water partition coefficient (Wildman–Crippen LogP) is 3.67. The number of hydrogen-bond acceptors (Lipinski definition) is 3. The number of amides is 1. The summed E-state index contributed by atoms with van der Waals surface area (Å²) in [5, 5.41) is 0. The zero-order valence-electron chi connectivity index (χ0n) is 13.1. The van der Waals surface area contributed by atoms with Gasteiger partial charge in [-0.1, -0.05) is 34.1 Å². The molecular weight excluding hydrogens is 332 g/mol. The lowest BCUT2D eigenvalue weighted by molar-refractivity contribution is 0.000970. The number of rotatable bonds is 1. The molecule has 1 amide bonds. The molecule has 0 aromatic heterocycles. The molecule has 1 aromatic carbocycles. The predicted molar refractivity (Wildman–Crippen MR) is 87.3 cm³/mol. The van der Waals surface area contributed by atoms with E-state index in [2.05, 4.69) is 33.9 Å². The Morgan fingerprint density at radius 3 is 2.57 bits per heavy atom. The highest BCUT2D eigenvalue weighted by atomic mass is 79.9. The normalized spacial score (nSPS) is 20.4. The summed E-state index contributed by atoms with van der Waals surface area (Å²) in [5.74, 6) is 0. The Hall–Kier alpha value is -1.07. The maximum atomic E-state index is 12.5. The van der Waals surface area contributed by atoms with Gasteiger partial charge < -0.3 is 9.64 Å². The van der Waals surface area contributed by atoms with Gasteiger partial charge in [0.25, 0.3) is 0 Å². The number of piperazine rings is 1. The van der Waals surface area contributed by atoms with Gasteiger partial charge in [0.2, 0.25) is 0 Å². The molecule has 4 nitrogen and oxygen atoms in total. The molecule has 0 bridgehead atoms. The van der Waals surface area contributed by atoms with Crippen LogP contribution < -0.4 is 0 Å². The molecule has 1 aliphatic rings. The summed E-state index contributed by atoms with van der Waals surface area (Å²) < 4.78 is 6.58. The second-order valence-electron chi connectivity index (χ2n) is 6.47. The molecule has 1 unspecified atom stereocenters. The fourth-order valence-electron chi connectivity index (χ4n) is 2.47. The third-order valence-corrected chi connectivity index (χ3v) is 4.20. The van der Waals surface area contributed by atoms with Crippen molar-refractivity contribution in [2.45, 2.75) is 32.4 Å². The topological polar surface area (TPSA) is 32.8 Å². The maximum absolute atomic E-state index is 12.5. The summed E-state index contributed by atoms with van der Waals surface area (Å²) in [4.78, 5) is 16.6. The van der Waals surface area contributed by atoms with Crippen molar-refractivity contribution in [1.29, 1.82) is 0 Å². The minimum Gasteiger partial charge on any atom is -0.444 e. The molecule has 0 N–H and O–H groups in total. The van der Waals surface area contributed by atoms with Gasteiger partial charge in [-0.3, -0.25) is 4.90 Å². The highest BCUT2D eigenvalue weighted by molar-refractivity contribution is 9.10. The van der Waals surface area contributed by atoms with Crippen LogP contribution in [0.15, 0.2) is 28.7 Å². The minimum atomic E-state index is -0.473. The number of ether oxygens (including phenoxy) is 1. The van der Waals surface area contributed by atoms with Gasteiger partial charge in [0.05, 0.1) is 6.04 Å². The monoisotopic (exact) mass is 354 g/mol. The number of likely N-dealkylation sites (N-methyl/N-ethyl adjacent to an activating group) is 1. The molecule has 0 radical (unpaired) electrons. The third-order valence-electron chi connectivity index (χ3n) is 3.48. The van der Waals surface area contributed by atoms with E-state index >= 15 is 0 Å². The van der Waals surface area contributed by atoms with Crippen molar-refractivity contribution in [3.63, 3.8) is 0 Å². The standard InChI is InChI=1S/C16H23BrN2O2/c1-16(2,3)21-15(20)19-10-9-18(4)11-14(19)12-7-5-6-8-13(12)17/h5-8,14H,9-11H2,1-4H3. The molecular formula is C16H23BrN2O2. The van der Waals surface area contributed by atoms with E-state index in [4.69, 9.17) is 4.74 Å². The molecule has 1 fully saturated rings. The van der Waals surface area contributed by atoms with Crippen molar-refractivity contribution in [3.05, 3.63) is 34.3 Å². The zero-order valence-corrected chi connectivity index (χ0v) is 14.7. The number of carbonyl (C=O) groups excluding carboxylic acids is 1. The van der Waals surface area contributed by atoms with Crippen LogP contribution in [0, 0.1) is 0 Å². The van der Waals surface area contributed by atoms with E-state index in [1.165, 1.54) is 0 Å². The van der Waals surface area contributed by atoms with Gasteiger partial charge in [-0.05, 0) is 39.4 Å². The van der Waals surface area contributed by atoms with Crippen LogP contribution in [0.3, 0.4) is 0 Å². The van der Waals surface area contributed by atoms with Gasteiger partial charge in [-0.25, -0.2) is 4.79 Å². The number of hydrogen-bond donors (Lipinski definition) is 0. The average molecular weight is 355 g/mol. The minimum absolute atomic E-state index is 0.00850. The first-order valence-electron chi connectivity index (χ1n) is 7.20. The Balaban J connectivity index is 2.26. The van der Waals surface area contributed by atoms with E-state index in [1.54, 1.807) is 0 Å². The summed E-state index contributed by atoms with van der Waals surface area (Å²) in [5.41, 5.74) is 0.647. The fraction of sp³-hybridized carbons (Fsp3) is 0.562. The summed E-state index contributed by atoms with van der Waals surface area (Å²) in [6.45, 7) is 8.04. The Bertz CT molecular complexity index is 513. The van der Waals surface area contributed by atoms with Crippen LogP contribution in [0.2, 0.25) is 0 Å². The van der Waals surface area contributed by atoms with Crippen molar-refractivity contribution < 1.29 is 9.53 Å². The molecule has 21 heavy (non-hydrogen) atoms. The quantitative estimate of drug-likeness (QED) is 0.771. The molecule has 0 saturated carbocycles. The Kier molecular flexibility index (Phi) is 4.94. The van der Waals surface area contributed by atoms with E-state index in [9.17, 15) is 4.79 Å². The van der Waals surface area contributed by atoms with E-state index in [0.717, 1.165) is 23.1 Å². The molecule has 1 aliphatic heterocycles. The van der Waals surface area contributed by atoms with Crippen LogP contribution in [-0.4, -0.2) is 48.2 Å².